The minimum absolute atomic E-state index is 0.0306. The van der Waals surface area contributed by atoms with Crippen molar-refractivity contribution in [2.45, 2.75) is 11.8 Å². The van der Waals surface area contributed by atoms with Crippen LogP contribution >= 0.6 is 15.9 Å². The molecule has 0 aliphatic carbocycles. The van der Waals surface area contributed by atoms with Crippen molar-refractivity contribution in [1.82, 2.24) is 0 Å². The summed E-state index contributed by atoms with van der Waals surface area (Å²) < 4.78 is 5.11. The first-order valence-electron chi connectivity index (χ1n) is 4.49. The SMILES string of the molecule is CC(Br)c1cc2cc(O)ccc2c(=O)o1. The van der Waals surface area contributed by atoms with Gasteiger partial charge in [-0.15, -0.1) is 0 Å². The topological polar surface area (TPSA) is 50.4 Å². The van der Waals surface area contributed by atoms with Crippen molar-refractivity contribution in [1.29, 1.82) is 0 Å². The highest BCUT2D eigenvalue weighted by atomic mass is 79.9. The molecule has 0 saturated heterocycles. The van der Waals surface area contributed by atoms with Gasteiger partial charge in [-0.25, -0.2) is 4.79 Å². The molecule has 2 aromatic rings. The van der Waals surface area contributed by atoms with E-state index in [9.17, 15) is 9.90 Å². The van der Waals surface area contributed by atoms with E-state index in [1.165, 1.54) is 6.07 Å². The summed E-state index contributed by atoms with van der Waals surface area (Å²) in [6.07, 6.45) is 0. The molecule has 0 spiro atoms. The Bertz CT molecular complexity index is 557. The summed E-state index contributed by atoms with van der Waals surface area (Å²) in [5.41, 5.74) is -0.381. The van der Waals surface area contributed by atoms with Crippen LogP contribution in [0.1, 0.15) is 17.5 Å². The quantitative estimate of drug-likeness (QED) is 0.810. The van der Waals surface area contributed by atoms with Crippen LogP contribution in [0.2, 0.25) is 0 Å². The van der Waals surface area contributed by atoms with Crippen LogP contribution in [-0.2, 0) is 0 Å². The summed E-state index contributed by atoms with van der Waals surface area (Å²) in [5, 5.41) is 10.5. The molecule has 1 heterocycles. The van der Waals surface area contributed by atoms with Crippen molar-refractivity contribution >= 4 is 26.7 Å². The minimum atomic E-state index is -0.381. The number of hydrogen-bond acceptors (Lipinski definition) is 3. The lowest BCUT2D eigenvalue weighted by molar-refractivity contribution is 0.468. The maximum atomic E-state index is 11.5. The molecule has 1 aromatic carbocycles. The second-order valence-electron chi connectivity index (χ2n) is 3.32. The number of fused-ring (bicyclic) bond motifs is 1. The molecular weight excluding hydrogens is 260 g/mol. The molecule has 3 nitrogen and oxygen atoms in total. The summed E-state index contributed by atoms with van der Waals surface area (Å²) in [5.74, 6) is 0.694. The van der Waals surface area contributed by atoms with Gasteiger partial charge in [0.2, 0.25) is 0 Å². The maximum Gasteiger partial charge on any atom is 0.343 e. The third-order valence-electron chi connectivity index (χ3n) is 2.16. The van der Waals surface area contributed by atoms with Crippen molar-refractivity contribution in [3.63, 3.8) is 0 Å². The lowest BCUT2D eigenvalue weighted by Crippen LogP contribution is -2.02. The van der Waals surface area contributed by atoms with Gasteiger partial charge in [0.15, 0.2) is 0 Å². The van der Waals surface area contributed by atoms with Gasteiger partial charge in [-0.2, -0.15) is 0 Å². The van der Waals surface area contributed by atoms with Crippen LogP contribution in [0.15, 0.2) is 33.5 Å². The Balaban J connectivity index is 2.80. The Morgan fingerprint density at radius 2 is 2.13 bits per heavy atom. The molecule has 1 atom stereocenters. The standard InChI is InChI=1S/C11H9BrO3/c1-6(12)10-5-7-4-8(13)2-3-9(7)11(14)15-10/h2-6,13H,1H3. The Kier molecular flexibility index (Phi) is 2.52. The molecule has 0 bridgehead atoms. The Morgan fingerprint density at radius 3 is 2.80 bits per heavy atom. The Morgan fingerprint density at radius 1 is 1.40 bits per heavy atom. The van der Waals surface area contributed by atoms with Gasteiger partial charge in [0.1, 0.15) is 11.5 Å². The maximum absolute atomic E-state index is 11.5. The van der Waals surface area contributed by atoms with Gasteiger partial charge < -0.3 is 9.52 Å². The van der Waals surface area contributed by atoms with E-state index in [-0.39, 0.29) is 16.2 Å². The first kappa shape index (κ1) is 10.2. The third-order valence-corrected chi connectivity index (χ3v) is 2.61. The Labute approximate surface area is 94.5 Å². The van der Waals surface area contributed by atoms with Crippen LogP contribution < -0.4 is 5.63 Å². The van der Waals surface area contributed by atoms with Crippen LogP contribution in [0.25, 0.3) is 10.8 Å². The predicted molar refractivity (Wildman–Crippen MR) is 61.5 cm³/mol. The lowest BCUT2D eigenvalue weighted by atomic mass is 10.1. The first-order chi connectivity index (χ1) is 7.08. The smallest absolute Gasteiger partial charge is 0.343 e. The summed E-state index contributed by atoms with van der Waals surface area (Å²) in [4.78, 5) is 11.5. The molecule has 15 heavy (non-hydrogen) atoms. The van der Waals surface area contributed by atoms with Crippen molar-refractivity contribution < 1.29 is 9.52 Å². The average molecular weight is 269 g/mol. The van der Waals surface area contributed by atoms with Gasteiger partial charge in [-0.05, 0) is 36.6 Å². The molecule has 1 aromatic heterocycles. The molecule has 4 heteroatoms. The average Bonchev–Trinajstić information content (AvgIpc) is 2.16. The van der Waals surface area contributed by atoms with Gasteiger partial charge >= 0.3 is 5.63 Å². The normalized spacial score (nSPS) is 12.9. The monoisotopic (exact) mass is 268 g/mol. The molecule has 0 aliphatic rings. The summed E-state index contributed by atoms with van der Waals surface area (Å²) in [7, 11) is 0. The summed E-state index contributed by atoms with van der Waals surface area (Å²) in [6, 6.07) is 6.32. The molecule has 0 fully saturated rings. The summed E-state index contributed by atoms with van der Waals surface area (Å²) >= 11 is 3.33. The van der Waals surface area contributed by atoms with Crippen molar-refractivity contribution in [2.75, 3.05) is 0 Å². The summed E-state index contributed by atoms with van der Waals surface area (Å²) in [6.45, 7) is 1.87. The third kappa shape index (κ3) is 1.90. The number of aromatic hydroxyl groups is 1. The molecule has 0 aliphatic heterocycles. The molecule has 1 N–H and O–H groups in total. The minimum Gasteiger partial charge on any atom is -0.508 e. The molecule has 0 radical (unpaired) electrons. The fourth-order valence-electron chi connectivity index (χ4n) is 1.40. The van der Waals surface area contributed by atoms with E-state index in [0.29, 0.717) is 16.5 Å². The van der Waals surface area contributed by atoms with Gasteiger partial charge in [-0.3, -0.25) is 0 Å². The molecule has 0 amide bonds. The van der Waals surface area contributed by atoms with Gasteiger partial charge in [-0.1, -0.05) is 15.9 Å². The van der Waals surface area contributed by atoms with E-state index in [4.69, 9.17) is 4.42 Å². The number of hydrogen-bond donors (Lipinski definition) is 1. The van der Waals surface area contributed by atoms with Crippen LogP contribution in [0.4, 0.5) is 0 Å². The molecular formula is C11H9BrO3. The van der Waals surface area contributed by atoms with E-state index >= 15 is 0 Å². The van der Waals surface area contributed by atoms with Crippen molar-refractivity contribution in [3.05, 3.63) is 40.4 Å². The highest BCUT2D eigenvalue weighted by Crippen LogP contribution is 2.25. The van der Waals surface area contributed by atoms with Crippen LogP contribution in [0, 0.1) is 0 Å². The molecule has 0 saturated carbocycles. The van der Waals surface area contributed by atoms with Crippen LogP contribution in [-0.4, -0.2) is 5.11 Å². The number of halogens is 1. The highest BCUT2D eigenvalue weighted by molar-refractivity contribution is 9.09. The van der Waals surface area contributed by atoms with Gasteiger partial charge in [0, 0.05) is 0 Å². The molecule has 78 valence electrons. The zero-order valence-electron chi connectivity index (χ0n) is 8.03. The van der Waals surface area contributed by atoms with Gasteiger partial charge in [0.25, 0.3) is 0 Å². The fraction of sp³-hybridized carbons (Fsp3) is 0.182. The highest BCUT2D eigenvalue weighted by Gasteiger charge is 2.08. The van der Waals surface area contributed by atoms with Gasteiger partial charge in [0.05, 0.1) is 10.2 Å². The zero-order chi connectivity index (χ0) is 11.0. The zero-order valence-corrected chi connectivity index (χ0v) is 9.61. The number of alkyl halides is 1. The number of rotatable bonds is 1. The first-order valence-corrected chi connectivity index (χ1v) is 5.40. The second kappa shape index (κ2) is 3.70. The number of phenols is 1. The van der Waals surface area contributed by atoms with Crippen LogP contribution in [0.3, 0.4) is 0 Å². The molecule has 2 rings (SSSR count). The lowest BCUT2D eigenvalue weighted by Gasteiger charge is -2.03. The molecule has 1 unspecified atom stereocenters. The predicted octanol–water partition coefficient (Wildman–Crippen LogP) is 2.95. The van der Waals surface area contributed by atoms with Crippen molar-refractivity contribution in [3.8, 4) is 5.75 Å². The van der Waals surface area contributed by atoms with Crippen molar-refractivity contribution in [2.24, 2.45) is 0 Å². The second-order valence-corrected chi connectivity index (χ2v) is 4.70. The van der Waals surface area contributed by atoms with E-state index in [2.05, 4.69) is 15.9 Å². The van der Waals surface area contributed by atoms with Crippen LogP contribution in [0.5, 0.6) is 5.75 Å². The number of phenolic OH excluding ortho intramolecular Hbond substituents is 1. The Hall–Kier alpha value is -1.29. The number of benzene rings is 1. The largest absolute Gasteiger partial charge is 0.508 e. The van der Waals surface area contributed by atoms with E-state index < -0.39 is 0 Å². The van der Waals surface area contributed by atoms with E-state index in [1.807, 2.05) is 6.92 Å². The van der Waals surface area contributed by atoms with E-state index in [0.717, 1.165) is 0 Å². The van der Waals surface area contributed by atoms with E-state index in [1.54, 1.807) is 18.2 Å². The fourth-order valence-corrected chi connectivity index (χ4v) is 1.62.